The molecule has 6 rings (SSSR count). The monoisotopic (exact) mass is 481 g/mol. The van der Waals surface area contributed by atoms with Gasteiger partial charge in [-0.25, -0.2) is 9.78 Å². The van der Waals surface area contributed by atoms with E-state index >= 15 is 0 Å². The van der Waals surface area contributed by atoms with Gasteiger partial charge < -0.3 is 19.9 Å². The van der Waals surface area contributed by atoms with Gasteiger partial charge in [-0.05, 0) is 59.0 Å². The van der Waals surface area contributed by atoms with Crippen LogP contribution in [0.1, 0.15) is 27.0 Å². The fourth-order valence-electron chi connectivity index (χ4n) is 5.12. The van der Waals surface area contributed by atoms with Gasteiger partial charge in [0.2, 0.25) is 0 Å². The molecule has 3 N–H and O–H groups in total. The van der Waals surface area contributed by atoms with Crippen LogP contribution in [0.4, 0.5) is 4.79 Å². The van der Waals surface area contributed by atoms with Crippen molar-refractivity contribution in [2.24, 2.45) is 0 Å². The van der Waals surface area contributed by atoms with Crippen molar-refractivity contribution in [3.63, 3.8) is 0 Å². The third-order valence-electron chi connectivity index (χ3n) is 6.99. The van der Waals surface area contributed by atoms with E-state index in [4.69, 9.17) is 4.74 Å². The van der Waals surface area contributed by atoms with Gasteiger partial charge in [0.05, 0.1) is 31.0 Å². The minimum atomic E-state index is -1.40. The lowest BCUT2D eigenvalue weighted by Gasteiger charge is -2.31. The number of methoxy groups -OCH3 is 1. The van der Waals surface area contributed by atoms with E-state index < -0.39 is 17.5 Å². The number of fused-ring (bicyclic) bond motifs is 2. The first kappa shape index (κ1) is 21.8. The molecule has 0 saturated carbocycles. The lowest BCUT2D eigenvalue weighted by Crippen LogP contribution is -2.52. The molecule has 4 aromatic rings. The average Bonchev–Trinajstić information content (AvgIpc) is 3.56. The maximum Gasteiger partial charge on any atom is 0.322 e. The Morgan fingerprint density at radius 3 is 2.56 bits per heavy atom. The Morgan fingerprint density at radius 2 is 1.83 bits per heavy atom. The molecular weight excluding hydrogens is 458 g/mol. The Labute approximate surface area is 206 Å². The van der Waals surface area contributed by atoms with E-state index in [1.54, 1.807) is 30.5 Å². The Bertz CT molecular complexity index is 1560. The van der Waals surface area contributed by atoms with E-state index in [2.05, 4.69) is 26.7 Å². The zero-order chi connectivity index (χ0) is 25.0. The van der Waals surface area contributed by atoms with Gasteiger partial charge in [0.25, 0.3) is 11.8 Å². The standard InChI is InChI=1S/C27H23N5O4/c1-15-9-18(10-22-23(15)29-14-28-22)16-3-6-19(7-4-16)27(25(34)30-26(35)31-27)13-32-12-17-5-8-20(36-2)11-21(17)24(32)33/h3-11,14H,12-13H2,1-2H3,(H,28,29)(H2,30,31,34,35)/t27-/m1/s1. The molecule has 1 fully saturated rings. The SMILES string of the molecule is COc1ccc2c(c1)C(=O)N(C[C@]1(c3ccc(-c4cc(C)c5nc[nH]c5c4)cc3)NC(=O)NC1=O)C2. The maximum absolute atomic E-state index is 13.2. The van der Waals surface area contributed by atoms with E-state index in [9.17, 15) is 14.4 Å². The minimum absolute atomic E-state index is 0.00103. The second kappa shape index (κ2) is 7.94. The van der Waals surface area contributed by atoms with Crippen molar-refractivity contribution in [2.45, 2.75) is 19.0 Å². The van der Waals surface area contributed by atoms with Gasteiger partial charge in [-0.15, -0.1) is 0 Å². The Hall–Kier alpha value is -4.66. The average molecular weight is 482 g/mol. The van der Waals surface area contributed by atoms with Crippen LogP contribution in [0, 0.1) is 6.92 Å². The number of benzene rings is 3. The molecule has 0 unspecified atom stereocenters. The molecule has 180 valence electrons. The van der Waals surface area contributed by atoms with Gasteiger partial charge in [0.15, 0.2) is 5.54 Å². The number of hydrogen-bond donors (Lipinski definition) is 3. The largest absolute Gasteiger partial charge is 0.497 e. The summed E-state index contributed by atoms with van der Waals surface area (Å²) in [6, 6.07) is 16.3. The number of amides is 4. The molecule has 3 heterocycles. The molecule has 36 heavy (non-hydrogen) atoms. The van der Waals surface area contributed by atoms with E-state index in [0.29, 0.717) is 23.4 Å². The van der Waals surface area contributed by atoms with Crippen molar-refractivity contribution in [1.82, 2.24) is 25.5 Å². The number of carbonyl (C=O) groups excluding carboxylic acids is 3. The molecule has 1 aromatic heterocycles. The smallest absolute Gasteiger partial charge is 0.322 e. The highest BCUT2D eigenvalue weighted by Crippen LogP contribution is 2.34. The van der Waals surface area contributed by atoms with Crippen molar-refractivity contribution >= 4 is 28.9 Å². The van der Waals surface area contributed by atoms with Crippen molar-refractivity contribution < 1.29 is 19.1 Å². The molecule has 1 atom stereocenters. The molecular formula is C27H23N5O4. The van der Waals surface area contributed by atoms with Gasteiger partial charge in [-0.2, -0.15) is 0 Å². The predicted molar refractivity (Wildman–Crippen MR) is 132 cm³/mol. The van der Waals surface area contributed by atoms with Crippen molar-refractivity contribution in [3.05, 3.63) is 83.2 Å². The molecule has 0 spiro atoms. The molecule has 9 heteroatoms. The number of nitrogens with one attached hydrogen (secondary N) is 3. The Kier molecular flexibility index (Phi) is 4.82. The van der Waals surface area contributed by atoms with Crippen LogP contribution in [0.15, 0.2) is 60.9 Å². The second-order valence-corrected chi connectivity index (χ2v) is 9.17. The molecule has 2 aliphatic heterocycles. The number of urea groups is 1. The number of carbonyl (C=O) groups is 3. The zero-order valence-corrected chi connectivity index (χ0v) is 19.7. The fraction of sp³-hybridized carbons (Fsp3) is 0.185. The van der Waals surface area contributed by atoms with Crippen LogP contribution in [0.25, 0.3) is 22.2 Å². The van der Waals surface area contributed by atoms with E-state index in [1.807, 2.05) is 43.3 Å². The predicted octanol–water partition coefficient (Wildman–Crippen LogP) is 3.24. The summed E-state index contributed by atoms with van der Waals surface area (Å²) in [7, 11) is 1.55. The summed E-state index contributed by atoms with van der Waals surface area (Å²) in [5, 5.41) is 5.14. The van der Waals surface area contributed by atoms with Crippen LogP contribution in [0.3, 0.4) is 0 Å². The third-order valence-corrected chi connectivity index (χ3v) is 6.99. The second-order valence-electron chi connectivity index (χ2n) is 9.17. The van der Waals surface area contributed by atoms with Crippen molar-refractivity contribution in [3.8, 4) is 16.9 Å². The van der Waals surface area contributed by atoms with Crippen LogP contribution in [-0.2, 0) is 16.9 Å². The molecule has 3 aromatic carbocycles. The highest BCUT2D eigenvalue weighted by molar-refractivity contribution is 6.08. The van der Waals surface area contributed by atoms with Crippen molar-refractivity contribution in [1.29, 1.82) is 0 Å². The summed E-state index contributed by atoms with van der Waals surface area (Å²) in [5.74, 6) is -0.113. The first-order chi connectivity index (χ1) is 17.4. The molecule has 0 aliphatic carbocycles. The number of aromatic amines is 1. The number of imidazole rings is 1. The highest BCUT2D eigenvalue weighted by Gasteiger charge is 2.50. The molecule has 0 radical (unpaired) electrons. The van der Waals surface area contributed by atoms with Gasteiger partial charge in [-0.1, -0.05) is 30.3 Å². The number of H-pyrrole nitrogens is 1. The number of hydrogen-bond acceptors (Lipinski definition) is 5. The van der Waals surface area contributed by atoms with Crippen LogP contribution >= 0.6 is 0 Å². The topological polar surface area (TPSA) is 116 Å². The summed E-state index contributed by atoms with van der Waals surface area (Å²) >= 11 is 0. The molecule has 2 aliphatic rings. The van der Waals surface area contributed by atoms with E-state index in [0.717, 1.165) is 33.3 Å². The molecule has 4 amide bonds. The molecule has 1 saturated heterocycles. The van der Waals surface area contributed by atoms with Gasteiger partial charge >= 0.3 is 6.03 Å². The lowest BCUT2D eigenvalue weighted by atomic mass is 9.88. The van der Waals surface area contributed by atoms with Crippen LogP contribution in [0.5, 0.6) is 5.75 Å². The van der Waals surface area contributed by atoms with Crippen LogP contribution in [0.2, 0.25) is 0 Å². The molecule has 0 bridgehead atoms. The first-order valence-electron chi connectivity index (χ1n) is 11.5. The number of aryl methyl sites for hydroxylation is 1. The highest BCUT2D eigenvalue weighted by atomic mass is 16.5. The summed E-state index contributed by atoms with van der Waals surface area (Å²) in [6.45, 7) is 2.35. The summed E-state index contributed by atoms with van der Waals surface area (Å²) in [5.41, 5.74) is 5.45. The van der Waals surface area contributed by atoms with E-state index in [1.165, 1.54) is 0 Å². The Morgan fingerprint density at radius 1 is 1.03 bits per heavy atom. The van der Waals surface area contributed by atoms with Crippen LogP contribution < -0.4 is 15.4 Å². The zero-order valence-electron chi connectivity index (χ0n) is 19.7. The minimum Gasteiger partial charge on any atom is -0.497 e. The number of nitrogens with zero attached hydrogens (tertiary/aromatic N) is 2. The quantitative estimate of drug-likeness (QED) is 0.379. The lowest BCUT2D eigenvalue weighted by molar-refractivity contribution is -0.124. The van der Waals surface area contributed by atoms with E-state index in [-0.39, 0.29) is 12.5 Å². The summed E-state index contributed by atoms with van der Waals surface area (Å²) < 4.78 is 5.25. The van der Waals surface area contributed by atoms with Gasteiger partial charge in [0, 0.05) is 12.1 Å². The fourth-order valence-corrected chi connectivity index (χ4v) is 5.12. The van der Waals surface area contributed by atoms with Gasteiger partial charge in [-0.3, -0.25) is 14.9 Å². The van der Waals surface area contributed by atoms with Gasteiger partial charge in [0.1, 0.15) is 5.75 Å². The number of rotatable bonds is 5. The number of aromatic nitrogens is 2. The number of imide groups is 1. The van der Waals surface area contributed by atoms with Crippen molar-refractivity contribution in [2.75, 3.05) is 13.7 Å². The molecule has 9 nitrogen and oxygen atoms in total. The number of ether oxygens (including phenoxy) is 1. The maximum atomic E-state index is 13.2. The van der Waals surface area contributed by atoms with Crippen LogP contribution in [-0.4, -0.2) is 46.4 Å². The first-order valence-corrected chi connectivity index (χ1v) is 11.5. The summed E-state index contributed by atoms with van der Waals surface area (Å²) in [6.07, 6.45) is 1.67. The normalized spacial score (nSPS) is 18.9. The third kappa shape index (κ3) is 3.31. The summed E-state index contributed by atoms with van der Waals surface area (Å²) in [4.78, 5) is 47.6. The Balaban J connectivity index is 1.34.